The molecule has 0 spiro atoms. The van der Waals surface area contributed by atoms with Crippen LogP contribution in [-0.4, -0.2) is 46.6 Å². The minimum absolute atomic E-state index is 0.316. The van der Waals surface area contributed by atoms with E-state index in [-0.39, 0.29) is 0 Å². The first-order chi connectivity index (χ1) is 9.65. The van der Waals surface area contributed by atoms with Gasteiger partial charge in [0.2, 0.25) is 0 Å². The number of nitrogens with zero attached hydrogens (tertiary/aromatic N) is 2. The molecule has 0 aliphatic carbocycles. The molecule has 2 heterocycles. The maximum Gasteiger partial charge on any atom is 0.121 e. The molecule has 3 rings (SSSR count). The van der Waals surface area contributed by atoms with Gasteiger partial charge in [0.25, 0.3) is 0 Å². The van der Waals surface area contributed by atoms with Gasteiger partial charge in [-0.3, -0.25) is 9.80 Å². The Balaban J connectivity index is 1.73. The number of rotatable bonds is 2. The Morgan fingerprint density at radius 2 is 2.15 bits per heavy atom. The van der Waals surface area contributed by atoms with Crippen LogP contribution >= 0.6 is 11.6 Å². The van der Waals surface area contributed by atoms with E-state index in [1.165, 1.54) is 25.8 Å². The van der Waals surface area contributed by atoms with E-state index in [9.17, 15) is 5.11 Å². The molecule has 20 heavy (non-hydrogen) atoms. The molecule has 0 amide bonds. The molecule has 4 heteroatoms. The number of phenolic OH excluding ortho intramolecular Hbond substituents is 1. The number of fused-ring (bicyclic) bond motifs is 1. The maximum atomic E-state index is 10.0. The predicted molar refractivity (Wildman–Crippen MR) is 82.2 cm³/mol. The summed E-state index contributed by atoms with van der Waals surface area (Å²) in [4.78, 5) is 5.10. The highest BCUT2D eigenvalue weighted by atomic mass is 35.5. The van der Waals surface area contributed by atoms with Crippen LogP contribution in [0.3, 0.4) is 0 Å². The van der Waals surface area contributed by atoms with Gasteiger partial charge < -0.3 is 5.11 Å². The van der Waals surface area contributed by atoms with Crippen molar-refractivity contribution in [1.29, 1.82) is 0 Å². The second-order valence-electron chi connectivity index (χ2n) is 6.16. The van der Waals surface area contributed by atoms with Crippen molar-refractivity contribution >= 4 is 11.6 Å². The summed E-state index contributed by atoms with van der Waals surface area (Å²) in [7, 11) is 0. The molecule has 2 aliphatic rings. The SMILES string of the molecule is CC1CN2CCCCC2CN1Cc1c(O)cccc1Cl. The fourth-order valence-electron chi connectivity index (χ4n) is 3.54. The van der Waals surface area contributed by atoms with Gasteiger partial charge in [-0.1, -0.05) is 24.1 Å². The highest BCUT2D eigenvalue weighted by Gasteiger charge is 2.33. The zero-order valence-corrected chi connectivity index (χ0v) is 12.8. The van der Waals surface area contributed by atoms with Crippen LogP contribution in [0.2, 0.25) is 5.02 Å². The van der Waals surface area contributed by atoms with E-state index in [1.54, 1.807) is 12.1 Å². The van der Waals surface area contributed by atoms with Crippen molar-refractivity contribution in [2.24, 2.45) is 0 Å². The Hall–Kier alpha value is -0.770. The first kappa shape index (κ1) is 14.2. The molecule has 0 aromatic heterocycles. The monoisotopic (exact) mass is 294 g/mol. The average molecular weight is 295 g/mol. The lowest BCUT2D eigenvalue weighted by molar-refractivity contribution is 0.0108. The van der Waals surface area contributed by atoms with Crippen LogP contribution in [0.5, 0.6) is 5.75 Å². The minimum Gasteiger partial charge on any atom is -0.508 e. The van der Waals surface area contributed by atoms with Gasteiger partial charge in [-0.2, -0.15) is 0 Å². The third kappa shape index (κ3) is 2.80. The molecule has 1 aromatic carbocycles. The Bertz CT molecular complexity index is 459. The second-order valence-corrected chi connectivity index (χ2v) is 6.57. The lowest BCUT2D eigenvalue weighted by Gasteiger charge is -2.47. The van der Waals surface area contributed by atoms with Gasteiger partial charge in [0.1, 0.15) is 5.75 Å². The van der Waals surface area contributed by atoms with E-state index in [0.29, 0.717) is 22.9 Å². The van der Waals surface area contributed by atoms with E-state index in [1.807, 2.05) is 6.07 Å². The highest BCUT2D eigenvalue weighted by molar-refractivity contribution is 6.31. The number of benzene rings is 1. The first-order valence-corrected chi connectivity index (χ1v) is 7.97. The van der Waals surface area contributed by atoms with Crippen molar-refractivity contribution < 1.29 is 5.11 Å². The molecular weight excluding hydrogens is 272 g/mol. The zero-order chi connectivity index (χ0) is 14.1. The summed E-state index contributed by atoms with van der Waals surface area (Å²) >= 11 is 6.24. The van der Waals surface area contributed by atoms with Gasteiger partial charge in [0.05, 0.1) is 0 Å². The average Bonchev–Trinajstić information content (AvgIpc) is 2.43. The summed E-state index contributed by atoms with van der Waals surface area (Å²) in [6.45, 7) is 6.50. The summed E-state index contributed by atoms with van der Waals surface area (Å²) in [6.07, 6.45) is 3.99. The zero-order valence-electron chi connectivity index (χ0n) is 12.1. The molecule has 0 radical (unpaired) electrons. The van der Waals surface area contributed by atoms with Crippen molar-refractivity contribution in [2.45, 2.75) is 44.8 Å². The van der Waals surface area contributed by atoms with Crippen molar-refractivity contribution in [3.63, 3.8) is 0 Å². The molecule has 2 saturated heterocycles. The number of hydrogen-bond donors (Lipinski definition) is 1. The smallest absolute Gasteiger partial charge is 0.121 e. The third-order valence-corrected chi connectivity index (χ3v) is 5.13. The van der Waals surface area contributed by atoms with Crippen LogP contribution in [-0.2, 0) is 6.54 Å². The third-order valence-electron chi connectivity index (χ3n) is 4.77. The summed E-state index contributed by atoms with van der Waals surface area (Å²) in [6, 6.07) is 6.58. The van der Waals surface area contributed by atoms with E-state index in [4.69, 9.17) is 11.6 Å². The van der Waals surface area contributed by atoms with Crippen LogP contribution in [0, 0.1) is 0 Å². The molecule has 1 aromatic rings. The van der Waals surface area contributed by atoms with Crippen molar-refractivity contribution in [3.05, 3.63) is 28.8 Å². The number of phenols is 1. The molecule has 2 unspecified atom stereocenters. The standard InChI is InChI=1S/C16H23ClN2O/c1-12-9-18-8-3-2-5-13(18)10-19(12)11-14-15(17)6-4-7-16(14)20/h4,6-7,12-13,20H,2-3,5,8-11H2,1H3. The van der Waals surface area contributed by atoms with Gasteiger partial charge >= 0.3 is 0 Å². The molecule has 110 valence electrons. The molecule has 2 aliphatic heterocycles. The second kappa shape index (κ2) is 5.92. The fourth-order valence-corrected chi connectivity index (χ4v) is 3.77. The van der Waals surface area contributed by atoms with Crippen molar-refractivity contribution in [3.8, 4) is 5.75 Å². The van der Waals surface area contributed by atoms with Crippen molar-refractivity contribution in [2.75, 3.05) is 19.6 Å². The maximum absolute atomic E-state index is 10.0. The number of aromatic hydroxyl groups is 1. The summed E-state index contributed by atoms with van der Waals surface area (Å²) in [5.41, 5.74) is 0.866. The van der Waals surface area contributed by atoms with Crippen LogP contribution < -0.4 is 0 Å². The molecule has 0 saturated carbocycles. The Kier molecular flexibility index (Phi) is 4.20. The summed E-state index contributed by atoms with van der Waals surface area (Å²) < 4.78 is 0. The Labute approximate surface area is 126 Å². The van der Waals surface area contributed by atoms with Crippen LogP contribution in [0.4, 0.5) is 0 Å². The normalized spacial score (nSPS) is 28.3. The number of piperidine rings is 1. The van der Waals surface area contributed by atoms with Crippen molar-refractivity contribution in [1.82, 2.24) is 9.80 Å². The first-order valence-electron chi connectivity index (χ1n) is 7.59. The molecule has 3 nitrogen and oxygen atoms in total. The summed E-state index contributed by atoms with van der Waals surface area (Å²) in [5, 5.41) is 10.7. The van der Waals surface area contributed by atoms with E-state index >= 15 is 0 Å². The summed E-state index contributed by atoms with van der Waals surface area (Å²) in [5.74, 6) is 0.316. The molecule has 2 atom stereocenters. The Morgan fingerprint density at radius 3 is 2.95 bits per heavy atom. The van der Waals surface area contributed by atoms with Crippen LogP contribution in [0.15, 0.2) is 18.2 Å². The fraction of sp³-hybridized carbons (Fsp3) is 0.625. The largest absolute Gasteiger partial charge is 0.508 e. The van der Waals surface area contributed by atoms with E-state index in [2.05, 4.69) is 16.7 Å². The van der Waals surface area contributed by atoms with Gasteiger partial charge in [-0.25, -0.2) is 0 Å². The quantitative estimate of drug-likeness (QED) is 0.908. The molecular formula is C16H23ClN2O. The lowest BCUT2D eigenvalue weighted by Crippen LogP contribution is -2.58. The van der Waals surface area contributed by atoms with Gasteiger partial charge in [-0.15, -0.1) is 0 Å². The molecule has 1 N–H and O–H groups in total. The van der Waals surface area contributed by atoms with Gasteiger partial charge in [-0.05, 0) is 38.4 Å². The topological polar surface area (TPSA) is 26.7 Å². The number of hydrogen-bond acceptors (Lipinski definition) is 3. The number of piperazine rings is 1. The van der Waals surface area contributed by atoms with E-state index < -0.39 is 0 Å². The molecule has 0 bridgehead atoms. The van der Waals surface area contributed by atoms with Gasteiger partial charge in [0, 0.05) is 42.3 Å². The predicted octanol–water partition coefficient (Wildman–Crippen LogP) is 3.10. The number of halogens is 1. The minimum atomic E-state index is 0.316. The highest BCUT2D eigenvalue weighted by Crippen LogP contribution is 2.30. The Morgan fingerprint density at radius 1 is 1.30 bits per heavy atom. The lowest BCUT2D eigenvalue weighted by atomic mass is 9.96. The van der Waals surface area contributed by atoms with Gasteiger partial charge in [0.15, 0.2) is 0 Å². The molecule has 2 fully saturated rings. The van der Waals surface area contributed by atoms with E-state index in [0.717, 1.165) is 25.2 Å². The van der Waals surface area contributed by atoms with Crippen LogP contribution in [0.25, 0.3) is 0 Å². The van der Waals surface area contributed by atoms with Crippen LogP contribution in [0.1, 0.15) is 31.7 Å².